The van der Waals surface area contributed by atoms with E-state index in [2.05, 4.69) is 20.8 Å². The van der Waals surface area contributed by atoms with E-state index in [1.54, 1.807) is 0 Å². The van der Waals surface area contributed by atoms with Crippen LogP contribution in [0.2, 0.25) is 0 Å². The lowest BCUT2D eigenvalue weighted by Gasteiger charge is -2.61. The molecule has 4 saturated carbocycles. The van der Waals surface area contributed by atoms with Crippen LogP contribution >= 0.6 is 0 Å². The second-order valence-electron chi connectivity index (χ2n) is 11.3. The van der Waals surface area contributed by atoms with Gasteiger partial charge in [0.1, 0.15) is 11.9 Å². The Morgan fingerprint density at radius 3 is 2.57 bits per heavy atom. The fraction of sp³-hybridized carbons (Fsp3) is 0.704. The number of fused-ring (bicyclic) bond motifs is 5. The summed E-state index contributed by atoms with van der Waals surface area (Å²) < 4.78 is 6.04. The van der Waals surface area contributed by atoms with Gasteiger partial charge in [-0.05, 0) is 92.1 Å². The first-order valence-electron chi connectivity index (χ1n) is 12.1. The largest absolute Gasteiger partial charge is 0.458 e. The molecule has 0 spiro atoms. The van der Waals surface area contributed by atoms with Crippen LogP contribution in [0, 0.1) is 40.4 Å². The van der Waals surface area contributed by atoms with E-state index in [4.69, 9.17) is 4.74 Å². The van der Waals surface area contributed by atoms with Crippen molar-refractivity contribution >= 4 is 11.8 Å². The topological polar surface area (TPSA) is 43.4 Å². The van der Waals surface area contributed by atoms with E-state index >= 15 is 0 Å². The van der Waals surface area contributed by atoms with Crippen molar-refractivity contribution in [3.63, 3.8) is 0 Å². The van der Waals surface area contributed by atoms with Gasteiger partial charge in [0.25, 0.3) is 0 Å². The van der Waals surface area contributed by atoms with Gasteiger partial charge in [-0.1, -0.05) is 39.0 Å². The first kappa shape index (κ1) is 20.3. The number of hydrogen-bond donors (Lipinski definition) is 0. The SMILES string of the molecule is C[C@H]1C[C@]2(C)[C@H](CC[C@H]3[C@@H]2CC[C@@]2(C)C(=O)CC[C@@H]32)C[C@H]1OC(=O)c1ccccc1. The number of rotatable bonds is 2. The van der Waals surface area contributed by atoms with E-state index in [1.165, 1.54) is 19.3 Å². The number of esters is 1. The van der Waals surface area contributed by atoms with E-state index in [0.29, 0.717) is 40.4 Å². The van der Waals surface area contributed by atoms with Crippen LogP contribution in [0.25, 0.3) is 0 Å². The van der Waals surface area contributed by atoms with Gasteiger partial charge in [-0.25, -0.2) is 4.79 Å². The summed E-state index contributed by atoms with van der Waals surface area (Å²) in [5.41, 5.74) is 0.933. The van der Waals surface area contributed by atoms with Gasteiger partial charge >= 0.3 is 5.97 Å². The van der Waals surface area contributed by atoms with Gasteiger partial charge in [0.15, 0.2) is 0 Å². The molecule has 0 aliphatic heterocycles. The zero-order valence-electron chi connectivity index (χ0n) is 18.7. The third-order valence-corrected chi connectivity index (χ3v) is 9.96. The minimum Gasteiger partial charge on any atom is -0.458 e. The maximum absolute atomic E-state index is 12.7. The molecule has 0 radical (unpaired) electrons. The average Bonchev–Trinajstić information content (AvgIpc) is 3.04. The van der Waals surface area contributed by atoms with Crippen LogP contribution in [0.15, 0.2) is 30.3 Å². The second kappa shape index (κ2) is 7.21. The minimum absolute atomic E-state index is 0.0224. The number of carbonyl (C=O) groups is 2. The van der Waals surface area contributed by atoms with Gasteiger partial charge in [0, 0.05) is 11.8 Å². The summed E-state index contributed by atoms with van der Waals surface area (Å²) in [7, 11) is 0. The van der Waals surface area contributed by atoms with Crippen LogP contribution in [-0.4, -0.2) is 17.9 Å². The van der Waals surface area contributed by atoms with Crippen molar-refractivity contribution in [2.24, 2.45) is 40.4 Å². The maximum atomic E-state index is 12.7. The van der Waals surface area contributed by atoms with E-state index in [1.807, 2.05) is 30.3 Å². The highest BCUT2D eigenvalue weighted by atomic mass is 16.5. The molecule has 0 unspecified atom stereocenters. The Morgan fingerprint density at radius 2 is 1.80 bits per heavy atom. The fourth-order valence-corrected chi connectivity index (χ4v) is 8.29. The van der Waals surface area contributed by atoms with Crippen LogP contribution in [-0.2, 0) is 9.53 Å². The number of benzene rings is 1. The first-order valence-corrected chi connectivity index (χ1v) is 12.1. The Kier molecular flexibility index (Phi) is 4.87. The molecule has 3 nitrogen and oxygen atoms in total. The van der Waals surface area contributed by atoms with Crippen molar-refractivity contribution < 1.29 is 14.3 Å². The molecule has 162 valence electrons. The van der Waals surface area contributed by atoms with E-state index < -0.39 is 0 Å². The molecule has 0 heterocycles. The predicted molar refractivity (Wildman–Crippen MR) is 117 cm³/mol. The summed E-state index contributed by atoms with van der Waals surface area (Å²) in [6.45, 7) is 7.07. The summed E-state index contributed by atoms with van der Waals surface area (Å²) in [4.78, 5) is 25.3. The maximum Gasteiger partial charge on any atom is 0.338 e. The van der Waals surface area contributed by atoms with Crippen LogP contribution in [0.3, 0.4) is 0 Å². The highest BCUT2D eigenvalue weighted by Crippen LogP contribution is 2.66. The normalized spacial score (nSPS) is 45.2. The Hall–Kier alpha value is -1.64. The summed E-state index contributed by atoms with van der Waals surface area (Å²) in [6.07, 6.45) is 8.86. The first-order chi connectivity index (χ1) is 14.3. The summed E-state index contributed by atoms with van der Waals surface area (Å²) in [6, 6.07) is 9.39. The highest BCUT2D eigenvalue weighted by Gasteiger charge is 2.61. The van der Waals surface area contributed by atoms with Crippen molar-refractivity contribution in [1.82, 2.24) is 0 Å². The van der Waals surface area contributed by atoms with E-state index in [-0.39, 0.29) is 17.5 Å². The second-order valence-corrected chi connectivity index (χ2v) is 11.3. The number of carbonyl (C=O) groups excluding carboxylic acids is 2. The van der Waals surface area contributed by atoms with Crippen LogP contribution in [0.5, 0.6) is 0 Å². The van der Waals surface area contributed by atoms with Crippen LogP contribution < -0.4 is 0 Å². The summed E-state index contributed by atoms with van der Waals surface area (Å²) in [5, 5.41) is 0. The van der Waals surface area contributed by atoms with E-state index in [9.17, 15) is 9.59 Å². The van der Waals surface area contributed by atoms with Crippen LogP contribution in [0.1, 0.15) is 82.5 Å². The molecule has 0 saturated heterocycles. The summed E-state index contributed by atoms with van der Waals surface area (Å²) in [5.74, 6) is 3.41. The standard InChI is InChI=1S/C27H36O3/c1-17-16-27(3)19(15-23(17)30-25(29)18-7-5-4-6-8-18)9-10-20-21-11-12-24(28)26(21,2)14-13-22(20)27/h4-8,17,19-23H,9-16H2,1-3H3/t17-,19+,20+,21-,22-,23+,26+,27+/m0/s1. The quantitative estimate of drug-likeness (QED) is 0.558. The van der Waals surface area contributed by atoms with Crippen molar-refractivity contribution in [2.75, 3.05) is 0 Å². The lowest BCUT2D eigenvalue weighted by Crippen LogP contribution is -2.55. The Morgan fingerprint density at radius 1 is 1.03 bits per heavy atom. The number of hydrogen-bond acceptors (Lipinski definition) is 3. The Balaban J connectivity index is 1.33. The van der Waals surface area contributed by atoms with Crippen molar-refractivity contribution in [2.45, 2.75) is 78.2 Å². The average molecular weight is 409 g/mol. The molecule has 4 aliphatic carbocycles. The fourth-order valence-electron chi connectivity index (χ4n) is 8.29. The molecule has 0 amide bonds. The van der Waals surface area contributed by atoms with Gasteiger partial charge in [-0.2, -0.15) is 0 Å². The molecule has 30 heavy (non-hydrogen) atoms. The molecular formula is C27H36O3. The predicted octanol–water partition coefficient (Wildman–Crippen LogP) is 6.07. The van der Waals surface area contributed by atoms with Gasteiger partial charge in [-0.3, -0.25) is 4.79 Å². The number of Topliss-reactive ketones (excluding diaryl/α,β-unsaturated/α-hetero) is 1. The third-order valence-electron chi connectivity index (χ3n) is 9.96. The molecule has 4 fully saturated rings. The van der Waals surface area contributed by atoms with Crippen molar-refractivity contribution in [1.29, 1.82) is 0 Å². The van der Waals surface area contributed by atoms with Crippen LogP contribution in [0.4, 0.5) is 0 Å². The molecule has 5 rings (SSSR count). The molecule has 0 aromatic heterocycles. The molecule has 8 atom stereocenters. The monoisotopic (exact) mass is 408 g/mol. The Labute approximate surface area is 181 Å². The molecule has 1 aromatic carbocycles. The lowest BCUT2D eigenvalue weighted by molar-refractivity contribution is -0.148. The van der Waals surface area contributed by atoms with Gasteiger partial charge in [0.05, 0.1) is 5.56 Å². The van der Waals surface area contributed by atoms with Gasteiger partial charge in [-0.15, -0.1) is 0 Å². The summed E-state index contributed by atoms with van der Waals surface area (Å²) >= 11 is 0. The highest BCUT2D eigenvalue weighted by molar-refractivity contribution is 5.89. The molecule has 0 bridgehead atoms. The van der Waals surface area contributed by atoms with Crippen molar-refractivity contribution in [3.05, 3.63) is 35.9 Å². The molecule has 1 aromatic rings. The van der Waals surface area contributed by atoms with Gasteiger partial charge in [0.2, 0.25) is 0 Å². The lowest BCUT2D eigenvalue weighted by atomic mass is 9.44. The van der Waals surface area contributed by atoms with E-state index in [0.717, 1.165) is 38.0 Å². The zero-order chi connectivity index (χ0) is 21.1. The molecular weight excluding hydrogens is 372 g/mol. The minimum atomic E-state index is -0.178. The number of ketones is 1. The van der Waals surface area contributed by atoms with Crippen molar-refractivity contribution in [3.8, 4) is 0 Å². The molecule has 4 aliphatic rings. The smallest absolute Gasteiger partial charge is 0.338 e. The Bertz CT molecular complexity index is 832. The zero-order valence-corrected chi connectivity index (χ0v) is 18.7. The molecule has 0 N–H and O–H groups in total. The number of ether oxygens (including phenoxy) is 1. The third kappa shape index (κ3) is 2.99. The van der Waals surface area contributed by atoms with Gasteiger partial charge < -0.3 is 4.74 Å². The molecule has 3 heteroatoms.